The number of hydrogen-bond acceptors (Lipinski definition) is 6. The number of methoxy groups -OCH3 is 1. The Hall–Kier alpha value is -2.97. The molecule has 1 aliphatic carbocycles. The summed E-state index contributed by atoms with van der Waals surface area (Å²) in [5.41, 5.74) is 2.60. The first-order chi connectivity index (χ1) is 15.8. The van der Waals surface area contributed by atoms with Crippen LogP contribution in [0.1, 0.15) is 36.4 Å². The molecular weight excluding hydrogens is 440 g/mol. The molecule has 1 aromatic heterocycles. The van der Waals surface area contributed by atoms with Crippen molar-refractivity contribution in [1.29, 1.82) is 0 Å². The van der Waals surface area contributed by atoms with Gasteiger partial charge in [-0.25, -0.2) is 18.1 Å². The van der Waals surface area contributed by atoms with Crippen molar-refractivity contribution in [2.45, 2.75) is 37.8 Å². The lowest BCUT2D eigenvalue weighted by molar-refractivity contribution is -0.143. The van der Waals surface area contributed by atoms with E-state index in [0.29, 0.717) is 25.2 Å². The minimum Gasteiger partial charge on any atom is -0.487 e. The number of carbonyl (C=O) groups is 1. The summed E-state index contributed by atoms with van der Waals surface area (Å²) in [6.45, 7) is 0.339. The molecule has 2 aromatic carbocycles. The zero-order chi connectivity index (χ0) is 23.4. The predicted molar refractivity (Wildman–Crippen MR) is 126 cm³/mol. The van der Waals surface area contributed by atoms with Crippen LogP contribution in [0.2, 0.25) is 0 Å². The van der Waals surface area contributed by atoms with Gasteiger partial charge < -0.3 is 9.47 Å². The van der Waals surface area contributed by atoms with Gasteiger partial charge in [0.25, 0.3) is 0 Å². The van der Waals surface area contributed by atoms with E-state index in [2.05, 4.69) is 9.71 Å². The van der Waals surface area contributed by atoms with Gasteiger partial charge in [0.05, 0.1) is 30.5 Å². The van der Waals surface area contributed by atoms with E-state index >= 15 is 0 Å². The fourth-order valence-electron chi connectivity index (χ4n) is 4.57. The molecule has 1 fully saturated rings. The number of esters is 1. The van der Waals surface area contributed by atoms with Crippen molar-refractivity contribution in [2.24, 2.45) is 5.92 Å². The van der Waals surface area contributed by atoms with Crippen LogP contribution in [0.3, 0.4) is 0 Å². The second kappa shape index (κ2) is 9.89. The molecule has 0 amide bonds. The van der Waals surface area contributed by atoms with Gasteiger partial charge in [-0.1, -0.05) is 36.4 Å². The minimum atomic E-state index is -3.28. The lowest BCUT2D eigenvalue weighted by atomic mass is 9.84. The molecule has 0 aliphatic heterocycles. The van der Waals surface area contributed by atoms with Crippen molar-refractivity contribution in [3.8, 4) is 5.75 Å². The van der Waals surface area contributed by atoms with Gasteiger partial charge in [0.2, 0.25) is 10.0 Å². The number of nitrogens with one attached hydrogen (secondary N) is 1. The first-order valence-corrected chi connectivity index (χ1v) is 12.8. The second-order valence-corrected chi connectivity index (χ2v) is 10.3. The highest BCUT2D eigenvalue weighted by atomic mass is 32.2. The van der Waals surface area contributed by atoms with E-state index < -0.39 is 15.9 Å². The molecule has 174 valence electrons. The molecule has 1 saturated carbocycles. The summed E-state index contributed by atoms with van der Waals surface area (Å²) in [5.74, 6) is -0.0720. The molecule has 8 heteroatoms. The molecule has 0 saturated heterocycles. The Morgan fingerprint density at radius 2 is 1.85 bits per heavy atom. The maximum atomic E-state index is 12.6. The standard InChI is InChI=1S/C25H28N2O5S/c1-31-25(28)24(19-8-11-20(15-19)27-33(2,29)30)18-9-13-22(14-10-18)32-16-21-12-7-17-5-3-4-6-23(17)26-21/h3-7,9-10,12-14,19-20,24,27H,8,11,15-16H2,1-2H3. The number of sulfonamides is 1. The molecule has 7 nitrogen and oxygen atoms in total. The van der Waals surface area contributed by atoms with Gasteiger partial charge in [-0.3, -0.25) is 4.79 Å². The molecule has 1 N–H and O–H groups in total. The predicted octanol–water partition coefficient (Wildman–Crippen LogP) is 3.79. The van der Waals surface area contributed by atoms with Gasteiger partial charge in [-0.05, 0) is 55.0 Å². The van der Waals surface area contributed by atoms with E-state index in [1.165, 1.54) is 7.11 Å². The molecule has 3 aromatic rings. The Morgan fingerprint density at radius 1 is 1.09 bits per heavy atom. The highest BCUT2D eigenvalue weighted by Crippen LogP contribution is 2.39. The van der Waals surface area contributed by atoms with Crippen molar-refractivity contribution in [3.63, 3.8) is 0 Å². The molecule has 3 atom stereocenters. The van der Waals surface area contributed by atoms with Gasteiger partial charge in [-0.2, -0.15) is 0 Å². The summed E-state index contributed by atoms with van der Waals surface area (Å²) in [6.07, 6.45) is 3.20. The van der Waals surface area contributed by atoms with Crippen molar-refractivity contribution in [2.75, 3.05) is 13.4 Å². The Balaban J connectivity index is 1.43. The molecule has 3 unspecified atom stereocenters. The molecule has 0 spiro atoms. The summed E-state index contributed by atoms with van der Waals surface area (Å²) in [4.78, 5) is 17.2. The third kappa shape index (κ3) is 5.89. The van der Waals surface area contributed by atoms with E-state index in [0.717, 1.165) is 34.8 Å². The maximum Gasteiger partial charge on any atom is 0.313 e. The van der Waals surface area contributed by atoms with Crippen molar-refractivity contribution >= 4 is 26.9 Å². The molecule has 0 radical (unpaired) electrons. The van der Waals surface area contributed by atoms with E-state index in [1.54, 1.807) is 0 Å². The lowest BCUT2D eigenvalue weighted by Gasteiger charge is -2.22. The summed E-state index contributed by atoms with van der Waals surface area (Å²) < 4.78 is 36.8. The summed E-state index contributed by atoms with van der Waals surface area (Å²) in [5, 5.41) is 1.08. The maximum absolute atomic E-state index is 12.6. The number of nitrogens with zero attached hydrogens (tertiary/aromatic N) is 1. The molecule has 1 aliphatic rings. The van der Waals surface area contributed by atoms with E-state index in [9.17, 15) is 13.2 Å². The summed E-state index contributed by atoms with van der Waals surface area (Å²) in [7, 11) is -1.90. The number of para-hydroxylation sites is 1. The van der Waals surface area contributed by atoms with Gasteiger partial charge in [0.15, 0.2) is 0 Å². The summed E-state index contributed by atoms with van der Waals surface area (Å²) >= 11 is 0. The Morgan fingerprint density at radius 3 is 2.58 bits per heavy atom. The van der Waals surface area contributed by atoms with Crippen LogP contribution in [-0.4, -0.2) is 38.8 Å². The Kier molecular flexibility index (Phi) is 6.95. The number of benzene rings is 2. The first-order valence-electron chi connectivity index (χ1n) is 10.9. The topological polar surface area (TPSA) is 94.6 Å². The van der Waals surface area contributed by atoms with Crippen LogP contribution in [0.25, 0.3) is 10.9 Å². The fraction of sp³-hybridized carbons (Fsp3) is 0.360. The highest BCUT2D eigenvalue weighted by Gasteiger charge is 2.37. The average Bonchev–Trinajstić information content (AvgIpc) is 3.24. The van der Waals surface area contributed by atoms with Crippen LogP contribution in [-0.2, 0) is 26.2 Å². The molecule has 33 heavy (non-hydrogen) atoms. The summed E-state index contributed by atoms with van der Waals surface area (Å²) in [6, 6.07) is 19.2. The Labute approximate surface area is 194 Å². The van der Waals surface area contributed by atoms with Crippen molar-refractivity contribution < 1.29 is 22.7 Å². The van der Waals surface area contributed by atoms with Crippen LogP contribution in [0.5, 0.6) is 5.75 Å². The largest absolute Gasteiger partial charge is 0.487 e. The van der Waals surface area contributed by atoms with Crippen LogP contribution in [0.4, 0.5) is 0 Å². The Bertz CT molecular complexity index is 1230. The zero-order valence-electron chi connectivity index (χ0n) is 18.7. The molecule has 1 heterocycles. The van der Waals surface area contributed by atoms with Crippen molar-refractivity contribution in [3.05, 3.63) is 71.9 Å². The number of hydrogen-bond donors (Lipinski definition) is 1. The SMILES string of the molecule is COC(=O)C(c1ccc(OCc2ccc3ccccc3n2)cc1)C1CCC(NS(C)(=O)=O)C1. The van der Waals surface area contributed by atoms with Gasteiger partial charge in [0, 0.05) is 11.4 Å². The van der Waals surface area contributed by atoms with Crippen LogP contribution < -0.4 is 9.46 Å². The number of fused-ring (bicyclic) bond motifs is 1. The first kappa shape index (κ1) is 23.2. The van der Waals surface area contributed by atoms with Gasteiger partial charge in [0.1, 0.15) is 12.4 Å². The van der Waals surface area contributed by atoms with E-state index in [4.69, 9.17) is 9.47 Å². The average molecular weight is 469 g/mol. The number of aromatic nitrogens is 1. The normalized spacial score (nSPS) is 19.3. The van der Waals surface area contributed by atoms with Gasteiger partial charge >= 0.3 is 5.97 Å². The highest BCUT2D eigenvalue weighted by molar-refractivity contribution is 7.88. The van der Waals surface area contributed by atoms with Crippen LogP contribution >= 0.6 is 0 Å². The third-order valence-corrected chi connectivity index (χ3v) is 6.82. The number of ether oxygens (including phenoxy) is 2. The molecular formula is C25H28N2O5S. The number of pyridine rings is 1. The number of rotatable bonds is 8. The number of carbonyl (C=O) groups excluding carboxylic acids is 1. The minimum absolute atomic E-state index is 0.00488. The quantitative estimate of drug-likeness (QED) is 0.506. The van der Waals surface area contributed by atoms with Crippen LogP contribution in [0, 0.1) is 5.92 Å². The fourth-order valence-corrected chi connectivity index (χ4v) is 5.39. The van der Waals surface area contributed by atoms with Gasteiger partial charge in [-0.15, -0.1) is 0 Å². The monoisotopic (exact) mass is 468 g/mol. The lowest BCUT2D eigenvalue weighted by Crippen LogP contribution is -2.32. The van der Waals surface area contributed by atoms with E-state index in [1.807, 2.05) is 60.7 Å². The second-order valence-electron chi connectivity index (χ2n) is 8.51. The van der Waals surface area contributed by atoms with E-state index in [-0.39, 0.29) is 17.9 Å². The third-order valence-electron chi connectivity index (χ3n) is 6.06. The smallest absolute Gasteiger partial charge is 0.313 e. The molecule has 0 bridgehead atoms. The zero-order valence-corrected chi connectivity index (χ0v) is 19.5. The van der Waals surface area contributed by atoms with Crippen molar-refractivity contribution in [1.82, 2.24) is 9.71 Å². The van der Waals surface area contributed by atoms with Crippen LogP contribution in [0.15, 0.2) is 60.7 Å². The molecule has 4 rings (SSSR count).